The number of ether oxygens (including phenoxy) is 3. The molecular formula is C21H18O5. The molecule has 0 aliphatic rings. The largest absolute Gasteiger partial charge is 0.508 e. The molecule has 0 bridgehead atoms. The number of aromatic hydroxyl groups is 1. The van der Waals surface area contributed by atoms with E-state index in [0.29, 0.717) is 29.4 Å². The summed E-state index contributed by atoms with van der Waals surface area (Å²) in [6.45, 7) is 0.380. The van der Waals surface area contributed by atoms with Crippen molar-refractivity contribution in [2.45, 2.75) is 6.61 Å². The Bertz CT molecular complexity index is 852. The highest BCUT2D eigenvalue weighted by molar-refractivity contribution is 5.91. The average molecular weight is 350 g/mol. The van der Waals surface area contributed by atoms with E-state index in [1.165, 1.54) is 0 Å². The highest BCUT2D eigenvalue weighted by atomic mass is 16.5. The summed E-state index contributed by atoms with van der Waals surface area (Å²) < 4.78 is 16.1. The standard InChI is InChI=1S/C21H18O5/c1-24-18-8-4-16(5-9-18)21(23)26-20-12-10-19(11-13-20)25-14-15-2-6-17(22)7-3-15/h2-13,22H,14H2,1H3. The number of carbonyl (C=O) groups excluding carboxylic acids is 1. The first kappa shape index (κ1) is 17.4. The van der Waals surface area contributed by atoms with Crippen molar-refractivity contribution >= 4 is 5.97 Å². The molecule has 3 rings (SSSR count). The normalized spacial score (nSPS) is 10.2. The molecule has 1 N–H and O–H groups in total. The molecule has 0 fully saturated rings. The minimum atomic E-state index is -0.439. The van der Waals surface area contributed by atoms with Crippen LogP contribution in [0.15, 0.2) is 72.8 Å². The number of carbonyl (C=O) groups is 1. The number of methoxy groups -OCH3 is 1. The Labute approximate surface area is 151 Å². The maximum atomic E-state index is 12.1. The minimum Gasteiger partial charge on any atom is -0.508 e. The van der Waals surface area contributed by atoms with E-state index in [1.807, 2.05) is 0 Å². The van der Waals surface area contributed by atoms with Crippen LogP contribution < -0.4 is 14.2 Å². The van der Waals surface area contributed by atoms with Gasteiger partial charge in [0.25, 0.3) is 0 Å². The lowest BCUT2D eigenvalue weighted by Crippen LogP contribution is -2.08. The number of phenolic OH excluding ortho intramolecular Hbond substituents is 1. The molecule has 0 aliphatic carbocycles. The number of rotatable bonds is 6. The Kier molecular flexibility index (Phi) is 5.39. The van der Waals surface area contributed by atoms with Gasteiger partial charge in [0.05, 0.1) is 12.7 Å². The number of phenols is 1. The van der Waals surface area contributed by atoms with E-state index in [4.69, 9.17) is 14.2 Å². The number of esters is 1. The summed E-state index contributed by atoms with van der Waals surface area (Å²) in [5.41, 5.74) is 1.39. The summed E-state index contributed by atoms with van der Waals surface area (Å²) in [7, 11) is 1.57. The number of hydrogen-bond acceptors (Lipinski definition) is 5. The van der Waals surface area contributed by atoms with Crippen LogP contribution in [0.25, 0.3) is 0 Å². The Morgan fingerprint density at radius 2 is 1.38 bits per heavy atom. The Balaban J connectivity index is 1.56. The third-order valence-corrected chi connectivity index (χ3v) is 3.70. The fourth-order valence-electron chi connectivity index (χ4n) is 2.26. The molecule has 0 radical (unpaired) electrons. The zero-order valence-corrected chi connectivity index (χ0v) is 14.2. The third-order valence-electron chi connectivity index (χ3n) is 3.70. The van der Waals surface area contributed by atoms with Crippen molar-refractivity contribution in [2.75, 3.05) is 7.11 Å². The zero-order chi connectivity index (χ0) is 18.4. The van der Waals surface area contributed by atoms with Crippen molar-refractivity contribution in [2.24, 2.45) is 0 Å². The molecule has 5 nitrogen and oxygen atoms in total. The van der Waals surface area contributed by atoms with Gasteiger partial charge in [0.1, 0.15) is 29.6 Å². The van der Waals surface area contributed by atoms with E-state index in [2.05, 4.69) is 0 Å². The maximum Gasteiger partial charge on any atom is 0.343 e. The first-order valence-corrected chi connectivity index (χ1v) is 8.01. The van der Waals surface area contributed by atoms with Gasteiger partial charge in [0.2, 0.25) is 0 Å². The molecule has 0 aromatic heterocycles. The van der Waals surface area contributed by atoms with Gasteiger partial charge >= 0.3 is 5.97 Å². The third kappa shape index (κ3) is 4.54. The van der Waals surface area contributed by atoms with Gasteiger partial charge in [-0.05, 0) is 66.2 Å². The van der Waals surface area contributed by atoms with Crippen molar-refractivity contribution in [1.82, 2.24) is 0 Å². The van der Waals surface area contributed by atoms with Gasteiger partial charge in [-0.1, -0.05) is 12.1 Å². The second-order valence-corrected chi connectivity index (χ2v) is 5.54. The van der Waals surface area contributed by atoms with Crippen LogP contribution in [0, 0.1) is 0 Å². The quantitative estimate of drug-likeness (QED) is 0.533. The molecule has 26 heavy (non-hydrogen) atoms. The van der Waals surface area contributed by atoms with Gasteiger partial charge in [0, 0.05) is 0 Å². The van der Waals surface area contributed by atoms with Crippen LogP contribution in [-0.4, -0.2) is 18.2 Å². The van der Waals surface area contributed by atoms with Gasteiger partial charge < -0.3 is 19.3 Å². The molecule has 132 valence electrons. The predicted octanol–water partition coefficient (Wildman–Crippen LogP) is 4.20. The molecule has 3 aromatic carbocycles. The lowest BCUT2D eigenvalue weighted by Gasteiger charge is -2.08. The molecule has 0 aliphatic heterocycles. The molecule has 5 heteroatoms. The highest BCUT2D eigenvalue weighted by Gasteiger charge is 2.09. The predicted molar refractivity (Wildman–Crippen MR) is 96.8 cm³/mol. The topological polar surface area (TPSA) is 65.0 Å². The van der Waals surface area contributed by atoms with Gasteiger partial charge in [-0.15, -0.1) is 0 Å². The second kappa shape index (κ2) is 8.07. The molecule has 0 atom stereocenters. The molecule has 3 aromatic rings. The summed E-state index contributed by atoms with van der Waals surface area (Å²) in [6, 6.07) is 20.3. The smallest absolute Gasteiger partial charge is 0.343 e. The van der Waals surface area contributed by atoms with E-state index in [1.54, 1.807) is 79.9 Å². The summed E-state index contributed by atoms with van der Waals surface area (Å²) in [6.07, 6.45) is 0. The summed E-state index contributed by atoms with van der Waals surface area (Å²) >= 11 is 0. The van der Waals surface area contributed by atoms with Gasteiger partial charge in [0.15, 0.2) is 0 Å². The van der Waals surface area contributed by atoms with E-state index in [9.17, 15) is 9.90 Å². The fraction of sp³-hybridized carbons (Fsp3) is 0.0952. The van der Waals surface area contributed by atoms with Gasteiger partial charge in [-0.3, -0.25) is 0 Å². The molecule has 0 amide bonds. The molecule has 0 saturated heterocycles. The monoisotopic (exact) mass is 350 g/mol. The highest BCUT2D eigenvalue weighted by Crippen LogP contribution is 2.21. The van der Waals surface area contributed by atoms with E-state index >= 15 is 0 Å². The van der Waals surface area contributed by atoms with Crippen LogP contribution in [-0.2, 0) is 6.61 Å². The molecule has 0 spiro atoms. The van der Waals surface area contributed by atoms with Crippen molar-refractivity contribution < 1.29 is 24.1 Å². The minimum absolute atomic E-state index is 0.219. The van der Waals surface area contributed by atoms with Crippen molar-refractivity contribution in [3.8, 4) is 23.0 Å². The zero-order valence-electron chi connectivity index (χ0n) is 14.2. The van der Waals surface area contributed by atoms with E-state index in [-0.39, 0.29) is 5.75 Å². The van der Waals surface area contributed by atoms with Crippen molar-refractivity contribution in [3.63, 3.8) is 0 Å². The summed E-state index contributed by atoms with van der Waals surface area (Å²) in [5, 5.41) is 9.26. The summed E-state index contributed by atoms with van der Waals surface area (Å²) in [5.74, 6) is 1.55. The van der Waals surface area contributed by atoms with Crippen LogP contribution in [0.4, 0.5) is 0 Å². The first-order valence-electron chi connectivity index (χ1n) is 8.01. The molecule has 0 unspecified atom stereocenters. The number of hydrogen-bond donors (Lipinski definition) is 1. The van der Waals surface area contributed by atoms with Crippen LogP contribution in [0.2, 0.25) is 0 Å². The van der Waals surface area contributed by atoms with Crippen LogP contribution in [0.1, 0.15) is 15.9 Å². The Morgan fingerprint density at radius 3 is 2.00 bits per heavy atom. The van der Waals surface area contributed by atoms with Crippen LogP contribution in [0.5, 0.6) is 23.0 Å². The summed E-state index contributed by atoms with van der Waals surface area (Å²) in [4.78, 5) is 12.1. The van der Waals surface area contributed by atoms with E-state index < -0.39 is 5.97 Å². The van der Waals surface area contributed by atoms with Crippen LogP contribution >= 0.6 is 0 Å². The number of benzene rings is 3. The Hall–Kier alpha value is -3.47. The van der Waals surface area contributed by atoms with Gasteiger partial charge in [-0.25, -0.2) is 4.79 Å². The maximum absolute atomic E-state index is 12.1. The second-order valence-electron chi connectivity index (χ2n) is 5.54. The Morgan fingerprint density at radius 1 is 0.808 bits per heavy atom. The lowest BCUT2D eigenvalue weighted by molar-refractivity contribution is 0.0734. The SMILES string of the molecule is COc1ccc(C(=O)Oc2ccc(OCc3ccc(O)cc3)cc2)cc1. The van der Waals surface area contributed by atoms with Crippen molar-refractivity contribution in [3.05, 3.63) is 83.9 Å². The molecule has 0 heterocycles. The van der Waals surface area contributed by atoms with E-state index in [0.717, 1.165) is 5.56 Å². The fourth-order valence-corrected chi connectivity index (χ4v) is 2.26. The lowest BCUT2D eigenvalue weighted by atomic mass is 10.2. The van der Waals surface area contributed by atoms with Crippen LogP contribution in [0.3, 0.4) is 0 Å². The molecular weight excluding hydrogens is 332 g/mol. The molecule has 0 saturated carbocycles. The average Bonchev–Trinajstić information content (AvgIpc) is 2.68. The first-order chi connectivity index (χ1) is 12.6. The van der Waals surface area contributed by atoms with Gasteiger partial charge in [-0.2, -0.15) is 0 Å². The van der Waals surface area contributed by atoms with Crippen molar-refractivity contribution in [1.29, 1.82) is 0 Å².